The fourth-order valence-corrected chi connectivity index (χ4v) is 3.27. The highest BCUT2D eigenvalue weighted by Crippen LogP contribution is 2.21. The predicted molar refractivity (Wildman–Crippen MR) is 119 cm³/mol. The average molecular weight is 538 g/mol. The molecular formula is C19H26F3IN6O. The Balaban J connectivity index is 0.00000320. The Morgan fingerprint density at radius 1 is 1.20 bits per heavy atom. The van der Waals surface area contributed by atoms with Gasteiger partial charge in [-0.3, -0.25) is 14.5 Å². The lowest BCUT2D eigenvalue weighted by Gasteiger charge is -2.35. The zero-order valence-electron chi connectivity index (χ0n) is 16.6. The summed E-state index contributed by atoms with van der Waals surface area (Å²) < 4.78 is 45.5. The molecule has 7 nitrogen and oxygen atoms in total. The molecule has 3 rings (SSSR count). The summed E-state index contributed by atoms with van der Waals surface area (Å²) >= 11 is 0. The number of halogens is 4. The number of morpholine rings is 1. The minimum absolute atomic E-state index is 0. The minimum Gasteiger partial charge on any atom is -0.379 e. The van der Waals surface area contributed by atoms with E-state index >= 15 is 0 Å². The molecule has 0 radical (unpaired) electrons. The normalized spacial score (nSPS) is 16.2. The number of imidazole rings is 1. The number of rotatable bonds is 7. The maximum Gasteiger partial charge on any atom is 0.319 e. The van der Waals surface area contributed by atoms with Crippen molar-refractivity contribution in [3.8, 4) is 0 Å². The lowest BCUT2D eigenvalue weighted by molar-refractivity contribution is 0.0170. The topological polar surface area (TPSA) is 66.7 Å². The van der Waals surface area contributed by atoms with Gasteiger partial charge in [-0.05, 0) is 17.7 Å². The highest BCUT2D eigenvalue weighted by Gasteiger charge is 2.23. The van der Waals surface area contributed by atoms with Crippen LogP contribution in [0.4, 0.5) is 13.2 Å². The van der Waals surface area contributed by atoms with E-state index in [0.717, 1.165) is 23.2 Å². The fraction of sp³-hybridized carbons (Fsp3) is 0.474. The molecule has 2 N–H and O–H groups in total. The third kappa shape index (κ3) is 6.57. The van der Waals surface area contributed by atoms with Crippen LogP contribution in [0, 0.1) is 5.82 Å². The summed E-state index contributed by atoms with van der Waals surface area (Å²) in [5.74, 6) is 0.398. The summed E-state index contributed by atoms with van der Waals surface area (Å²) in [6.45, 7) is 0.781. The number of benzene rings is 1. The maximum absolute atomic E-state index is 13.3. The summed E-state index contributed by atoms with van der Waals surface area (Å²) in [5, 5.41) is 6.23. The first-order chi connectivity index (χ1) is 14.1. The molecule has 1 unspecified atom stereocenters. The van der Waals surface area contributed by atoms with Crippen LogP contribution in [0.3, 0.4) is 0 Å². The molecule has 0 spiro atoms. The first kappa shape index (κ1) is 24.4. The number of nitrogens with one attached hydrogen (secondary N) is 2. The summed E-state index contributed by atoms with van der Waals surface area (Å²) in [7, 11) is 1.61. The number of aliphatic imine (C=N–C) groups is 1. The van der Waals surface area contributed by atoms with E-state index in [4.69, 9.17) is 4.74 Å². The van der Waals surface area contributed by atoms with Crippen LogP contribution in [0.25, 0.3) is 0 Å². The van der Waals surface area contributed by atoms with E-state index in [9.17, 15) is 13.2 Å². The zero-order valence-corrected chi connectivity index (χ0v) is 18.9. The third-order valence-corrected chi connectivity index (χ3v) is 4.80. The lowest BCUT2D eigenvalue weighted by Crippen LogP contribution is -2.46. The Morgan fingerprint density at radius 2 is 1.90 bits per heavy atom. The minimum atomic E-state index is -2.64. The van der Waals surface area contributed by atoms with E-state index in [1.54, 1.807) is 19.2 Å². The van der Waals surface area contributed by atoms with Gasteiger partial charge < -0.3 is 15.4 Å². The van der Waals surface area contributed by atoms with Crippen molar-refractivity contribution in [2.45, 2.75) is 19.1 Å². The maximum atomic E-state index is 13.3. The van der Waals surface area contributed by atoms with Crippen molar-refractivity contribution in [3.63, 3.8) is 0 Å². The summed E-state index contributed by atoms with van der Waals surface area (Å²) in [6, 6.07) is 6.42. The van der Waals surface area contributed by atoms with E-state index in [1.165, 1.54) is 24.5 Å². The SMILES string of the molecule is CN=C(NCc1nccn1C(F)F)NCC(c1ccc(F)cc1)N1CCOCC1.I. The van der Waals surface area contributed by atoms with Crippen molar-refractivity contribution in [3.05, 3.63) is 53.9 Å². The van der Waals surface area contributed by atoms with Crippen LogP contribution >= 0.6 is 24.0 Å². The molecule has 11 heteroatoms. The van der Waals surface area contributed by atoms with Gasteiger partial charge in [-0.2, -0.15) is 8.78 Å². The van der Waals surface area contributed by atoms with Crippen LogP contribution in [-0.4, -0.2) is 60.3 Å². The van der Waals surface area contributed by atoms with Gasteiger partial charge in [-0.15, -0.1) is 24.0 Å². The predicted octanol–water partition coefficient (Wildman–Crippen LogP) is 2.77. The molecule has 1 saturated heterocycles. The van der Waals surface area contributed by atoms with Gasteiger partial charge in [0.1, 0.15) is 11.6 Å². The molecule has 2 heterocycles. The lowest BCUT2D eigenvalue weighted by atomic mass is 10.0. The van der Waals surface area contributed by atoms with E-state index in [-0.39, 0.29) is 48.2 Å². The molecule has 30 heavy (non-hydrogen) atoms. The molecule has 166 valence electrons. The monoisotopic (exact) mass is 538 g/mol. The fourth-order valence-electron chi connectivity index (χ4n) is 3.27. The van der Waals surface area contributed by atoms with Gasteiger partial charge in [-0.1, -0.05) is 12.1 Å². The molecule has 1 aliphatic rings. The van der Waals surface area contributed by atoms with Crippen LogP contribution in [0.2, 0.25) is 0 Å². The molecule has 2 aromatic rings. The molecule has 0 bridgehead atoms. The van der Waals surface area contributed by atoms with E-state index < -0.39 is 6.55 Å². The van der Waals surface area contributed by atoms with Gasteiger partial charge in [0.25, 0.3) is 0 Å². The highest BCUT2D eigenvalue weighted by atomic mass is 127. The molecule has 1 fully saturated rings. The van der Waals surface area contributed by atoms with Crippen LogP contribution < -0.4 is 10.6 Å². The number of hydrogen-bond donors (Lipinski definition) is 2. The third-order valence-electron chi connectivity index (χ3n) is 4.80. The van der Waals surface area contributed by atoms with Crippen molar-refractivity contribution in [1.82, 2.24) is 25.1 Å². The van der Waals surface area contributed by atoms with E-state index in [1.807, 2.05) is 0 Å². The summed E-state index contributed by atoms with van der Waals surface area (Å²) in [4.78, 5) is 10.4. The van der Waals surface area contributed by atoms with Crippen LogP contribution in [0.15, 0.2) is 41.7 Å². The second-order valence-electron chi connectivity index (χ2n) is 6.55. The quantitative estimate of drug-likeness (QED) is 0.323. The van der Waals surface area contributed by atoms with Gasteiger partial charge in [0.05, 0.1) is 25.8 Å². The molecule has 1 aromatic carbocycles. The van der Waals surface area contributed by atoms with E-state index in [0.29, 0.717) is 25.7 Å². The standard InChI is InChI=1S/C19H25F3N6O.HI/c1-23-19(26-13-17-24-6-7-28(17)18(21)22)25-12-16(27-8-10-29-11-9-27)14-2-4-15(20)5-3-14;/h2-7,16,18H,8-13H2,1H3,(H2,23,25,26);1H. The van der Waals surface area contributed by atoms with Gasteiger partial charge in [0, 0.05) is 39.1 Å². The summed E-state index contributed by atoms with van der Waals surface area (Å²) in [6.07, 6.45) is 2.57. The highest BCUT2D eigenvalue weighted by molar-refractivity contribution is 14.0. The van der Waals surface area contributed by atoms with Crippen molar-refractivity contribution in [2.24, 2.45) is 4.99 Å². The molecule has 1 aliphatic heterocycles. The number of guanidine groups is 1. The molecule has 0 aliphatic carbocycles. The van der Waals surface area contributed by atoms with Crippen molar-refractivity contribution in [2.75, 3.05) is 39.9 Å². The number of ether oxygens (including phenoxy) is 1. The first-order valence-corrected chi connectivity index (χ1v) is 9.40. The molecule has 1 atom stereocenters. The van der Waals surface area contributed by atoms with Crippen LogP contribution in [-0.2, 0) is 11.3 Å². The molecule has 0 amide bonds. The van der Waals surface area contributed by atoms with Crippen LogP contribution in [0.5, 0.6) is 0 Å². The number of hydrogen-bond acceptors (Lipinski definition) is 4. The average Bonchev–Trinajstić information content (AvgIpc) is 3.21. The second kappa shape index (κ2) is 12.1. The summed E-state index contributed by atoms with van der Waals surface area (Å²) in [5.41, 5.74) is 0.976. The van der Waals surface area contributed by atoms with Gasteiger partial charge in [-0.25, -0.2) is 9.37 Å². The Kier molecular flexibility index (Phi) is 9.85. The van der Waals surface area contributed by atoms with Crippen molar-refractivity contribution in [1.29, 1.82) is 0 Å². The molecule has 0 saturated carbocycles. The Morgan fingerprint density at radius 3 is 2.53 bits per heavy atom. The number of nitrogens with zero attached hydrogens (tertiary/aromatic N) is 4. The second-order valence-corrected chi connectivity index (χ2v) is 6.55. The Labute approximate surface area is 190 Å². The number of alkyl halides is 2. The Bertz CT molecular complexity index is 796. The van der Waals surface area contributed by atoms with Gasteiger partial charge in [0.2, 0.25) is 0 Å². The molecular weight excluding hydrogens is 512 g/mol. The first-order valence-electron chi connectivity index (χ1n) is 9.40. The van der Waals surface area contributed by atoms with Crippen molar-refractivity contribution >= 4 is 29.9 Å². The van der Waals surface area contributed by atoms with Gasteiger partial charge >= 0.3 is 6.55 Å². The van der Waals surface area contributed by atoms with Crippen LogP contribution in [0.1, 0.15) is 24.0 Å². The zero-order chi connectivity index (χ0) is 20.6. The largest absolute Gasteiger partial charge is 0.379 e. The van der Waals surface area contributed by atoms with E-state index in [2.05, 4.69) is 25.5 Å². The Hall–Kier alpha value is -1.86. The smallest absolute Gasteiger partial charge is 0.319 e. The number of aromatic nitrogens is 2. The van der Waals surface area contributed by atoms with Crippen molar-refractivity contribution < 1.29 is 17.9 Å². The molecule has 1 aromatic heterocycles. The van der Waals surface area contributed by atoms with Gasteiger partial charge in [0.15, 0.2) is 5.96 Å².